The second kappa shape index (κ2) is 18.6. The van der Waals surface area contributed by atoms with Gasteiger partial charge in [0.25, 0.3) is 10.2 Å². The highest BCUT2D eigenvalue weighted by atomic mass is 35.5. The summed E-state index contributed by atoms with van der Waals surface area (Å²) < 4.78 is 46.7. The molecular weight excluding hydrogens is 904 g/mol. The molecule has 1 fully saturated rings. The zero-order valence-corrected chi connectivity index (χ0v) is 40.2. The number of halogens is 1. The Morgan fingerprint density at radius 2 is 1.66 bits per heavy atom. The maximum absolute atomic E-state index is 13.1. The van der Waals surface area contributed by atoms with Crippen molar-refractivity contribution in [2.24, 2.45) is 21.1 Å². The molecule has 0 amide bonds. The van der Waals surface area contributed by atoms with Crippen molar-refractivity contribution >= 4 is 78.7 Å². The SMILES string of the molecule is CN(C)S(=O)(=O)N1CCN(c2ccc(OCc3c4c(nn3C)CSCc3cc(n(C)n3)CSc3cc(c5ccccc5c3)OCCCc3c(C(=O)O)n(C)c5c-4c(Cl)ccc35)cc2)CC1. The van der Waals surface area contributed by atoms with Crippen LogP contribution < -0.4 is 14.4 Å². The molecule has 0 aliphatic carbocycles. The molecule has 340 valence electrons. The van der Waals surface area contributed by atoms with Crippen LogP contribution in [0.15, 0.2) is 83.8 Å². The topological polar surface area (TPSA) is 140 Å². The van der Waals surface area contributed by atoms with Crippen LogP contribution in [0.2, 0.25) is 5.02 Å². The van der Waals surface area contributed by atoms with Crippen molar-refractivity contribution < 1.29 is 27.8 Å². The van der Waals surface area contributed by atoms with Gasteiger partial charge in [0.2, 0.25) is 0 Å². The Morgan fingerprint density at radius 3 is 2.42 bits per heavy atom. The molecule has 3 aromatic heterocycles. The van der Waals surface area contributed by atoms with Crippen LogP contribution in [0.5, 0.6) is 11.5 Å². The molecule has 1 N–H and O–H groups in total. The van der Waals surface area contributed by atoms with Gasteiger partial charge in [-0.25, -0.2) is 4.79 Å². The summed E-state index contributed by atoms with van der Waals surface area (Å²) >= 11 is 10.7. The number of aryl methyl sites for hydroxylation is 4. The lowest BCUT2D eigenvalue weighted by molar-refractivity contribution is 0.0685. The highest BCUT2D eigenvalue weighted by Gasteiger charge is 2.30. The zero-order chi connectivity index (χ0) is 45.6. The molecule has 0 atom stereocenters. The van der Waals surface area contributed by atoms with Crippen LogP contribution in [0.25, 0.3) is 32.8 Å². The van der Waals surface area contributed by atoms with E-state index in [1.807, 2.05) is 72.0 Å². The van der Waals surface area contributed by atoms with Gasteiger partial charge in [-0.05, 0) is 72.3 Å². The third-order valence-corrected chi connectivity index (χ3v) is 16.5. The smallest absolute Gasteiger partial charge is 0.352 e. The molecule has 8 bridgehead atoms. The van der Waals surface area contributed by atoms with Crippen molar-refractivity contribution in [1.82, 2.24) is 32.7 Å². The number of carboxylic acids is 1. The van der Waals surface area contributed by atoms with Crippen LogP contribution in [0.4, 0.5) is 5.69 Å². The fraction of sp³-hybridized carbons (Fsp3) is 0.340. The number of rotatable bonds is 7. The van der Waals surface area contributed by atoms with Crippen molar-refractivity contribution in [1.29, 1.82) is 0 Å². The number of fused-ring (bicyclic) bond motifs is 8. The average molecular weight is 956 g/mol. The highest BCUT2D eigenvalue weighted by molar-refractivity contribution is 7.98. The summed E-state index contributed by atoms with van der Waals surface area (Å²) in [5.74, 6) is 2.35. The molecule has 0 spiro atoms. The number of ether oxygens (including phenoxy) is 2. The summed E-state index contributed by atoms with van der Waals surface area (Å²) in [6.45, 7) is 2.50. The van der Waals surface area contributed by atoms with Gasteiger partial charge in [0, 0.05) is 117 Å². The van der Waals surface area contributed by atoms with Gasteiger partial charge in [-0.1, -0.05) is 41.9 Å². The number of carbonyl (C=O) groups is 1. The average Bonchev–Trinajstić information content (AvgIpc) is 3.91. The number of thioether (sulfide) groups is 2. The van der Waals surface area contributed by atoms with Gasteiger partial charge < -0.3 is 24.0 Å². The third kappa shape index (κ3) is 8.93. The number of hydrogen-bond acceptors (Lipinski definition) is 10. The van der Waals surface area contributed by atoms with E-state index in [2.05, 4.69) is 35.2 Å². The summed E-state index contributed by atoms with van der Waals surface area (Å²) in [6, 6.07) is 26.3. The largest absolute Gasteiger partial charge is 0.493 e. The van der Waals surface area contributed by atoms with E-state index in [1.54, 1.807) is 49.2 Å². The van der Waals surface area contributed by atoms with Crippen LogP contribution in [0, 0.1) is 0 Å². The monoisotopic (exact) mass is 954 g/mol. The minimum Gasteiger partial charge on any atom is -0.493 e. The predicted molar refractivity (Wildman–Crippen MR) is 260 cm³/mol. The molecule has 9 rings (SSSR count). The number of hydrogen-bond donors (Lipinski definition) is 1. The number of piperazine rings is 1. The van der Waals surface area contributed by atoms with E-state index in [-0.39, 0.29) is 12.3 Å². The molecule has 0 unspecified atom stereocenters. The van der Waals surface area contributed by atoms with Crippen LogP contribution in [-0.2, 0) is 61.6 Å². The number of aromatic nitrogens is 5. The quantitative estimate of drug-likeness (QED) is 0.165. The molecule has 65 heavy (non-hydrogen) atoms. The Hall–Kier alpha value is -5.17. The molecule has 0 saturated carbocycles. The van der Waals surface area contributed by atoms with Gasteiger partial charge in [-0.3, -0.25) is 9.36 Å². The predicted octanol–water partition coefficient (Wildman–Crippen LogP) is 8.38. The lowest BCUT2D eigenvalue weighted by Gasteiger charge is -2.36. The Kier molecular flexibility index (Phi) is 12.9. The van der Waals surface area contributed by atoms with E-state index in [4.69, 9.17) is 31.3 Å². The minimum atomic E-state index is -3.47. The van der Waals surface area contributed by atoms with Gasteiger partial charge in [-0.2, -0.15) is 27.2 Å². The van der Waals surface area contributed by atoms with Gasteiger partial charge in [0.1, 0.15) is 23.8 Å². The van der Waals surface area contributed by atoms with E-state index in [9.17, 15) is 18.3 Å². The molecule has 14 nitrogen and oxygen atoms in total. The Bertz CT molecular complexity index is 3030. The Labute approximate surface area is 392 Å². The number of nitrogens with zero attached hydrogens (tertiary/aromatic N) is 8. The lowest BCUT2D eigenvalue weighted by atomic mass is 9.98. The fourth-order valence-electron chi connectivity index (χ4n) is 8.92. The first-order valence-corrected chi connectivity index (χ1v) is 25.3. The minimum absolute atomic E-state index is 0.160. The zero-order valence-electron chi connectivity index (χ0n) is 37.0. The molecule has 0 radical (unpaired) electrons. The second-order valence-electron chi connectivity index (χ2n) is 16.5. The van der Waals surface area contributed by atoms with E-state index in [0.717, 1.165) is 72.1 Å². The molecule has 7 aromatic rings. The van der Waals surface area contributed by atoms with Gasteiger partial charge in [0.15, 0.2) is 0 Å². The number of benzene rings is 4. The number of anilines is 1. The van der Waals surface area contributed by atoms with Gasteiger partial charge >= 0.3 is 5.97 Å². The number of carboxylic acid groups (broad SMARTS) is 1. The second-order valence-corrected chi connectivity index (χ2v) is 21.1. The maximum atomic E-state index is 13.1. The summed E-state index contributed by atoms with van der Waals surface area (Å²) in [7, 11) is 5.31. The van der Waals surface area contributed by atoms with Crippen molar-refractivity contribution in [2.45, 2.75) is 41.6 Å². The van der Waals surface area contributed by atoms with Crippen molar-refractivity contribution in [3.63, 3.8) is 0 Å². The highest BCUT2D eigenvalue weighted by Crippen LogP contribution is 2.43. The first-order valence-electron chi connectivity index (χ1n) is 21.4. The van der Waals surface area contributed by atoms with Crippen LogP contribution in [-0.4, -0.2) is 99.1 Å². The summed E-state index contributed by atoms with van der Waals surface area (Å²) in [6.07, 6.45) is 1.06. The normalized spacial score (nSPS) is 15.6. The van der Waals surface area contributed by atoms with Gasteiger partial charge in [0.05, 0.1) is 34.2 Å². The summed E-state index contributed by atoms with van der Waals surface area (Å²) in [5.41, 5.74) is 7.80. The molecule has 5 heterocycles. The fourth-order valence-corrected chi connectivity index (χ4v) is 12.1. The van der Waals surface area contributed by atoms with Crippen molar-refractivity contribution in [3.8, 4) is 22.6 Å². The lowest BCUT2D eigenvalue weighted by Crippen LogP contribution is -2.51. The van der Waals surface area contributed by atoms with Crippen molar-refractivity contribution in [2.75, 3.05) is 51.8 Å². The Balaban J connectivity index is 1.06. The van der Waals surface area contributed by atoms with Crippen molar-refractivity contribution in [3.05, 3.63) is 118 Å². The molecule has 18 heteroatoms. The first kappa shape index (κ1) is 45.0. The molecule has 4 aromatic carbocycles. The van der Waals surface area contributed by atoms with E-state index < -0.39 is 16.2 Å². The standard InChI is InChI=1S/C47H51ClN8O6S3/c1-51(2)65(59,60)56-20-18-55(19-21-56)32-12-14-34(15-13-32)62-26-41-44-40(50-54(41)5)29-63-27-31-24-33(53(4)49-31)28-64-35-23-30-9-6-7-10-36(30)42(25-35)61-22-8-11-37-38-16-17-39(48)43(44)45(38)52(3)46(37)47(57)58/h6-7,9-10,12-17,23-25H,8,11,18-22,26-29H2,1-5H3,(H,57,58). The van der Waals surface area contributed by atoms with Gasteiger partial charge in [-0.15, -0.1) is 23.5 Å². The third-order valence-electron chi connectivity index (χ3n) is 12.2. The summed E-state index contributed by atoms with van der Waals surface area (Å²) in [4.78, 5) is 16.4. The molecule has 2 aliphatic heterocycles. The summed E-state index contributed by atoms with van der Waals surface area (Å²) in [5, 5.41) is 24.1. The molecule has 2 aliphatic rings. The van der Waals surface area contributed by atoms with E-state index >= 15 is 0 Å². The maximum Gasteiger partial charge on any atom is 0.352 e. The van der Waals surface area contributed by atoms with Crippen LogP contribution in [0.1, 0.15) is 45.2 Å². The van der Waals surface area contributed by atoms with Crippen LogP contribution >= 0.6 is 35.1 Å². The van der Waals surface area contributed by atoms with E-state index in [0.29, 0.717) is 79.0 Å². The number of aromatic carboxylic acids is 1. The molecular formula is C47H51ClN8O6S3. The Morgan fingerprint density at radius 1 is 0.892 bits per heavy atom. The first-order chi connectivity index (χ1) is 31.3. The van der Waals surface area contributed by atoms with E-state index in [1.165, 1.54) is 8.61 Å². The molecule has 1 saturated heterocycles. The van der Waals surface area contributed by atoms with Crippen LogP contribution in [0.3, 0.4) is 0 Å².